The van der Waals surface area contributed by atoms with Gasteiger partial charge in [0.25, 0.3) is 0 Å². The molecular weight excluding hydrogens is 496 g/mol. The van der Waals surface area contributed by atoms with E-state index in [-0.39, 0.29) is 11.8 Å². The maximum absolute atomic E-state index is 13.5. The average molecular weight is 526 g/mol. The number of likely N-dealkylation sites (N-methyl/N-ethyl adjacent to an activating group) is 1. The van der Waals surface area contributed by atoms with Gasteiger partial charge in [-0.05, 0) is 41.3 Å². The lowest BCUT2D eigenvalue weighted by atomic mass is 10.0. The van der Waals surface area contributed by atoms with E-state index < -0.39 is 6.04 Å². The summed E-state index contributed by atoms with van der Waals surface area (Å²) in [4.78, 5) is 28.1. The second-order valence-electron chi connectivity index (χ2n) is 7.89. The van der Waals surface area contributed by atoms with Crippen LogP contribution >= 0.6 is 27.7 Å². The Morgan fingerprint density at radius 1 is 0.970 bits per heavy atom. The third-order valence-corrected chi connectivity index (χ3v) is 6.96. The molecule has 3 aromatic rings. The molecule has 0 aromatic heterocycles. The second-order valence-corrected chi connectivity index (χ2v) is 9.79. The molecule has 1 unspecified atom stereocenters. The summed E-state index contributed by atoms with van der Waals surface area (Å²) < 4.78 is 0.945. The number of hydrogen-bond acceptors (Lipinski definition) is 3. The van der Waals surface area contributed by atoms with Gasteiger partial charge < -0.3 is 10.2 Å². The van der Waals surface area contributed by atoms with Gasteiger partial charge in [-0.25, -0.2) is 0 Å². The Hall–Kier alpha value is -2.57. The minimum absolute atomic E-state index is 0.0434. The number of nitrogens with zero attached hydrogens (tertiary/aromatic N) is 1. The van der Waals surface area contributed by atoms with Crippen LogP contribution in [-0.4, -0.2) is 35.6 Å². The molecule has 33 heavy (non-hydrogen) atoms. The van der Waals surface area contributed by atoms with E-state index >= 15 is 0 Å². The summed E-state index contributed by atoms with van der Waals surface area (Å²) in [6.07, 6.45) is 0.461. The van der Waals surface area contributed by atoms with Gasteiger partial charge in [0, 0.05) is 30.2 Å². The quantitative estimate of drug-likeness (QED) is 0.387. The zero-order valence-electron chi connectivity index (χ0n) is 19.0. The molecule has 0 radical (unpaired) electrons. The van der Waals surface area contributed by atoms with E-state index in [4.69, 9.17) is 0 Å². The van der Waals surface area contributed by atoms with E-state index in [0.29, 0.717) is 18.7 Å². The van der Waals surface area contributed by atoms with Crippen LogP contribution in [0.3, 0.4) is 0 Å². The highest BCUT2D eigenvalue weighted by molar-refractivity contribution is 9.10. The Kier molecular flexibility index (Phi) is 9.58. The number of aryl methyl sites for hydroxylation is 1. The molecule has 4 nitrogen and oxygen atoms in total. The molecule has 2 amide bonds. The van der Waals surface area contributed by atoms with Gasteiger partial charge in [-0.2, -0.15) is 0 Å². The molecule has 0 saturated carbocycles. The van der Waals surface area contributed by atoms with Crippen LogP contribution in [-0.2, 0) is 28.3 Å². The van der Waals surface area contributed by atoms with Crippen LogP contribution in [0.1, 0.15) is 22.3 Å². The molecule has 172 valence electrons. The van der Waals surface area contributed by atoms with Gasteiger partial charge in [-0.1, -0.05) is 82.7 Å². The molecule has 0 fully saturated rings. The Balaban J connectivity index is 1.81. The van der Waals surface area contributed by atoms with Crippen LogP contribution in [0.25, 0.3) is 0 Å². The van der Waals surface area contributed by atoms with Crippen LogP contribution in [0.4, 0.5) is 0 Å². The van der Waals surface area contributed by atoms with Crippen LogP contribution < -0.4 is 5.32 Å². The summed E-state index contributed by atoms with van der Waals surface area (Å²) in [6.45, 7) is 2.45. The van der Waals surface area contributed by atoms with Crippen molar-refractivity contribution in [2.24, 2.45) is 0 Å². The van der Waals surface area contributed by atoms with Crippen molar-refractivity contribution in [3.8, 4) is 0 Å². The molecular formula is C27H29BrN2O2S. The summed E-state index contributed by atoms with van der Waals surface area (Å²) >= 11 is 5.09. The van der Waals surface area contributed by atoms with Crippen molar-refractivity contribution in [1.82, 2.24) is 10.2 Å². The second kappa shape index (κ2) is 12.6. The van der Waals surface area contributed by atoms with E-state index in [2.05, 4.69) is 40.3 Å². The van der Waals surface area contributed by atoms with Gasteiger partial charge in [0.2, 0.25) is 11.8 Å². The van der Waals surface area contributed by atoms with Gasteiger partial charge in [0.1, 0.15) is 6.04 Å². The lowest BCUT2D eigenvalue weighted by Crippen LogP contribution is -2.50. The topological polar surface area (TPSA) is 49.4 Å². The number of carbonyl (C=O) groups is 2. The standard InChI is InChI=1S/C27H29BrN2O2S/c1-20-9-6-7-13-23(20)18-33-19-26(31)30(17-22-12-8-14-24(28)15-22)25(27(32)29-2)16-21-10-4-3-5-11-21/h3-15,25H,16-19H2,1-2H3,(H,29,32). The number of rotatable bonds is 10. The molecule has 3 rings (SSSR count). The van der Waals surface area contributed by atoms with Crippen molar-refractivity contribution >= 4 is 39.5 Å². The smallest absolute Gasteiger partial charge is 0.242 e. The summed E-state index contributed by atoms with van der Waals surface area (Å²) in [7, 11) is 1.62. The van der Waals surface area contributed by atoms with Gasteiger partial charge in [-0.3, -0.25) is 9.59 Å². The average Bonchev–Trinajstić information content (AvgIpc) is 2.82. The predicted octanol–water partition coefficient (Wildman–Crippen LogP) is 5.38. The Morgan fingerprint density at radius 2 is 1.67 bits per heavy atom. The number of nitrogens with one attached hydrogen (secondary N) is 1. The Labute approximate surface area is 208 Å². The number of thioether (sulfide) groups is 1. The normalized spacial score (nSPS) is 11.6. The zero-order valence-corrected chi connectivity index (χ0v) is 21.4. The van der Waals surface area contributed by atoms with Crippen molar-refractivity contribution in [2.75, 3.05) is 12.8 Å². The van der Waals surface area contributed by atoms with Crippen molar-refractivity contribution in [3.05, 3.63) is 106 Å². The van der Waals surface area contributed by atoms with Crippen molar-refractivity contribution in [1.29, 1.82) is 0 Å². The molecule has 0 heterocycles. The summed E-state index contributed by atoms with van der Waals surface area (Å²) in [5.74, 6) is 0.862. The third-order valence-electron chi connectivity index (χ3n) is 5.50. The molecule has 1 N–H and O–H groups in total. The number of halogens is 1. The van der Waals surface area contributed by atoms with Crippen LogP contribution in [0.2, 0.25) is 0 Å². The molecule has 6 heteroatoms. The minimum Gasteiger partial charge on any atom is -0.357 e. The number of hydrogen-bond donors (Lipinski definition) is 1. The van der Waals surface area contributed by atoms with Gasteiger partial charge >= 0.3 is 0 Å². The first kappa shape index (κ1) is 25.1. The monoisotopic (exact) mass is 524 g/mol. The van der Waals surface area contributed by atoms with Gasteiger partial charge in [0.15, 0.2) is 0 Å². The van der Waals surface area contributed by atoms with Crippen LogP contribution in [0.15, 0.2) is 83.3 Å². The Morgan fingerprint density at radius 3 is 2.36 bits per heavy atom. The molecule has 0 bridgehead atoms. The molecule has 3 aromatic carbocycles. The van der Waals surface area contributed by atoms with Crippen molar-refractivity contribution < 1.29 is 9.59 Å². The first-order chi connectivity index (χ1) is 16.0. The largest absolute Gasteiger partial charge is 0.357 e. The molecule has 1 atom stereocenters. The maximum Gasteiger partial charge on any atom is 0.242 e. The lowest BCUT2D eigenvalue weighted by Gasteiger charge is -2.31. The lowest BCUT2D eigenvalue weighted by molar-refractivity contribution is -0.139. The van der Waals surface area contributed by atoms with E-state index in [1.54, 1.807) is 23.7 Å². The zero-order chi connectivity index (χ0) is 23.6. The van der Waals surface area contributed by atoms with E-state index in [0.717, 1.165) is 21.4 Å². The summed E-state index contributed by atoms with van der Waals surface area (Å²) in [5, 5.41) is 2.76. The Bertz CT molecular complexity index is 1070. The SMILES string of the molecule is CNC(=O)C(Cc1ccccc1)N(Cc1cccc(Br)c1)C(=O)CSCc1ccccc1C. The van der Waals surface area contributed by atoms with Crippen molar-refractivity contribution in [2.45, 2.75) is 31.7 Å². The first-order valence-electron chi connectivity index (χ1n) is 10.9. The number of amides is 2. The number of benzene rings is 3. The van der Waals surface area contributed by atoms with Crippen LogP contribution in [0.5, 0.6) is 0 Å². The highest BCUT2D eigenvalue weighted by Crippen LogP contribution is 2.21. The van der Waals surface area contributed by atoms with E-state index in [1.165, 1.54) is 11.1 Å². The summed E-state index contributed by atoms with van der Waals surface area (Å²) in [5.41, 5.74) is 4.44. The third kappa shape index (κ3) is 7.47. The predicted molar refractivity (Wildman–Crippen MR) is 140 cm³/mol. The molecule has 0 saturated heterocycles. The fraction of sp³-hybridized carbons (Fsp3) is 0.259. The van der Waals surface area contributed by atoms with Gasteiger partial charge in [0.05, 0.1) is 5.75 Å². The van der Waals surface area contributed by atoms with Gasteiger partial charge in [-0.15, -0.1) is 11.8 Å². The highest BCUT2D eigenvalue weighted by Gasteiger charge is 2.29. The van der Waals surface area contributed by atoms with E-state index in [9.17, 15) is 9.59 Å². The highest BCUT2D eigenvalue weighted by atomic mass is 79.9. The molecule has 0 aliphatic heterocycles. The van der Waals surface area contributed by atoms with E-state index in [1.807, 2.05) is 66.7 Å². The minimum atomic E-state index is -0.594. The maximum atomic E-state index is 13.5. The molecule has 0 spiro atoms. The fourth-order valence-corrected chi connectivity index (χ4v) is 5.09. The molecule has 0 aliphatic carbocycles. The fourth-order valence-electron chi connectivity index (χ4n) is 3.66. The first-order valence-corrected chi connectivity index (χ1v) is 12.8. The summed E-state index contributed by atoms with van der Waals surface area (Å²) in [6, 6.07) is 25.3. The number of carbonyl (C=O) groups excluding carboxylic acids is 2. The van der Waals surface area contributed by atoms with Crippen LogP contribution in [0, 0.1) is 6.92 Å². The van der Waals surface area contributed by atoms with Crippen molar-refractivity contribution in [3.63, 3.8) is 0 Å². The molecule has 0 aliphatic rings.